The number of nitrogens with zero attached hydrogens (tertiary/aromatic N) is 6. The van der Waals surface area contributed by atoms with Crippen molar-refractivity contribution in [1.29, 1.82) is 0 Å². The molecule has 0 spiro atoms. The smallest absolute Gasteiger partial charge is 0.274 e. The number of pyridine rings is 2. The molecule has 0 fully saturated rings. The van der Waals surface area contributed by atoms with Crippen LogP contribution in [-0.2, 0) is 11.8 Å². The number of rotatable bonds is 6. The van der Waals surface area contributed by atoms with Gasteiger partial charge in [-0.25, -0.2) is 19.9 Å². The van der Waals surface area contributed by atoms with Crippen LogP contribution in [0.4, 0.5) is 11.6 Å². The fourth-order valence-corrected chi connectivity index (χ4v) is 3.83. The first-order valence-electron chi connectivity index (χ1n) is 11.0. The number of hydrogen-bond donors (Lipinski definition) is 3. The number of aryl methyl sites for hydroxylation is 2. The first kappa shape index (κ1) is 24.7. The van der Waals surface area contributed by atoms with Crippen molar-refractivity contribution < 1.29 is 9.59 Å². The second kappa shape index (κ2) is 10.1. The highest BCUT2D eigenvalue weighted by Crippen LogP contribution is 2.31. The number of anilines is 2. The average molecular weight is 506 g/mol. The standard InChI is InChI=1S/C24H24ClN9O2/c1-12-10-15(11-18(25)27-12)20-21(17-8-9-34(4)33-17)32-23(26)22(31-20)24(36)28-13(2)16-6-5-7-19(30-16)29-14(3)35/h5-11,13H,1-4H3,(H2,26,32)(H,28,36)(H,29,30,35). The summed E-state index contributed by atoms with van der Waals surface area (Å²) < 4.78 is 1.63. The fourth-order valence-electron chi connectivity index (χ4n) is 3.58. The van der Waals surface area contributed by atoms with E-state index in [9.17, 15) is 9.59 Å². The van der Waals surface area contributed by atoms with Crippen molar-refractivity contribution in [2.75, 3.05) is 11.1 Å². The van der Waals surface area contributed by atoms with Gasteiger partial charge in [-0.1, -0.05) is 17.7 Å². The molecule has 2 amide bonds. The minimum atomic E-state index is -0.537. The Morgan fingerprint density at radius 3 is 2.53 bits per heavy atom. The lowest BCUT2D eigenvalue weighted by Crippen LogP contribution is -2.29. The highest BCUT2D eigenvalue weighted by atomic mass is 35.5. The van der Waals surface area contributed by atoms with Crippen LogP contribution in [0.2, 0.25) is 5.15 Å². The SMILES string of the molecule is CC(=O)Nc1cccc(C(C)NC(=O)c2nc(-c3cc(C)nc(Cl)c3)c(-c3ccn(C)n3)nc2N)n1. The predicted molar refractivity (Wildman–Crippen MR) is 136 cm³/mol. The van der Waals surface area contributed by atoms with Gasteiger partial charge < -0.3 is 16.4 Å². The maximum Gasteiger partial charge on any atom is 0.274 e. The topological polar surface area (TPSA) is 154 Å². The first-order valence-corrected chi connectivity index (χ1v) is 11.4. The maximum absolute atomic E-state index is 13.2. The third-order valence-corrected chi connectivity index (χ3v) is 5.35. The van der Waals surface area contributed by atoms with Gasteiger partial charge in [0.15, 0.2) is 11.5 Å². The van der Waals surface area contributed by atoms with Crippen LogP contribution in [-0.4, -0.2) is 41.5 Å². The number of nitrogens with one attached hydrogen (secondary N) is 2. The van der Waals surface area contributed by atoms with Gasteiger partial charge in [0.25, 0.3) is 5.91 Å². The van der Waals surface area contributed by atoms with Crippen molar-refractivity contribution in [3.63, 3.8) is 0 Å². The molecule has 36 heavy (non-hydrogen) atoms. The van der Waals surface area contributed by atoms with Crippen LogP contribution in [0.3, 0.4) is 0 Å². The lowest BCUT2D eigenvalue weighted by Gasteiger charge is -2.16. The van der Waals surface area contributed by atoms with E-state index in [-0.39, 0.29) is 22.6 Å². The van der Waals surface area contributed by atoms with Crippen molar-refractivity contribution in [3.8, 4) is 22.6 Å². The zero-order valence-electron chi connectivity index (χ0n) is 20.1. The fraction of sp³-hybridized carbons (Fsp3) is 0.208. The molecule has 4 aromatic heterocycles. The van der Waals surface area contributed by atoms with E-state index in [0.717, 1.165) is 0 Å². The van der Waals surface area contributed by atoms with Crippen molar-refractivity contribution in [2.24, 2.45) is 7.05 Å². The van der Waals surface area contributed by atoms with Crippen molar-refractivity contribution >= 4 is 35.1 Å². The molecule has 0 aliphatic rings. The summed E-state index contributed by atoms with van der Waals surface area (Å²) in [6.07, 6.45) is 1.77. The Labute approximate surface area is 212 Å². The third kappa shape index (κ3) is 5.47. The lowest BCUT2D eigenvalue weighted by atomic mass is 10.1. The van der Waals surface area contributed by atoms with Gasteiger partial charge in [0.2, 0.25) is 5.91 Å². The van der Waals surface area contributed by atoms with Gasteiger partial charge in [0.05, 0.1) is 17.4 Å². The number of carbonyl (C=O) groups excluding carboxylic acids is 2. The van der Waals surface area contributed by atoms with Crippen molar-refractivity contribution in [1.82, 2.24) is 35.0 Å². The Balaban J connectivity index is 1.72. The number of amides is 2. The molecule has 12 heteroatoms. The van der Waals surface area contributed by atoms with Crippen LogP contribution < -0.4 is 16.4 Å². The Morgan fingerprint density at radius 2 is 1.86 bits per heavy atom. The Bertz CT molecular complexity index is 1450. The van der Waals surface area contributed by atoms with E-state index in [1.807, 2.05) is 0 Å². The number of halogens is 1. The number of carbonyl (C=O) groups is 2. The number of nitrogen functional groups attached to an aromatic ring is 1. The van der Waals surface area contributed by atoms with Crippen LogP contribution in [0.15, 0.2) is 42.6 Å². The highest BCUT2D eigenvalue weighted by Gasteiger charge is 2.23. The first-order chi connectivity index (χ1) is 17.1. The molecule has 0 saturated carbocycles. The monoisotopic (exact) mass is 505 g/mol. The van der Waals surface area contributed by atoms with E-state index in [0.29, 0.717) is 39.9 Å². The highest BCUT2D eigenvalue weighted by molar-refractivity contribution is 6.29. The third-order valence-electron chi connectivity index (χ3n) is 5.16. The Kier molecular flexibility index (Phi) is 6.93. The van der Waals surface area contributed by atoms with E-state index in [1.165, 1.54) is 6.92 Å². The predicted octanol–water partition coefficient (Wildman–Crippen LogP) is 3.33. The van der Waals surface area contributed by atoms with E-state index >= 15 is 0 Å². The minimum Gasteiger partial charge on any atom is -0.382 e. The summed E-state index contributed by atoms with van der Waals surface area (Å²) in [6.45, 7) is 4.96. The second-order valence-corrected chi connectivity index (χ2v) is 8.56. The number of nitrogens with two attached hydrogens (primary N) is 1. The molecule has 4 heterocycles. The van der Waals surface area contributed by atoms with Crippen LogP contribution in [0, 0.1) is 6.92 Å². The Hall–Kier alpha value is -4.38. The van der Waals surface area contributed by atoms with E-state index in [2.05, 4.69) is 35.7 Å². The molecule has 4 N–H and O–H groups in total. The molecule has 0 aliphatic heterocycles. The summed E-state index contributed by atoms with van der Waals surface area (Å²) in [5.41, 5.74) is 9.31. The molecule has 0 aliphatic carbocycles. The zero-order valence-corrected chi connectivity index (χ0v) is 20.8. The zero-order chi connectivity index (χ0) is 26.0. The van der Waals surface area contributed by atoms with Crippen LogP contribution in [0.5, 0.6) is 0 Å². The molecule has 1 atom stereocenters. The van der Waals surface area contributed by atoms with Crippen LogP contribution in [0.25, 0.3) is 22.6 Å². The van der Waals surface area contributed by atoms with E-state index < -0.39 is 11.9 Å². The van der Waals surface area contributed by atoms with Gasteiger partial charge in [-0.05, 0) is 44.2 Å². The van der Waals surface area contributed by atoms with Crippen LogP contribution >= 0.6 is 11.6 Å². The van der Waals surface area contributed by atoms with Gasteiger partial charge in [-0.3, -0.25) is 14.3 Å². The summed E-state index contributed by atoms with van der Waals surface area (Å²) in [5, 5.41) is 10.2. The lowest BCUT2D eigenvalue weighted by molar-refractivity contribution is -0.114. The van der Waals surface area contributed by atoms with E-state index in [4.69, 9.17) is 17.3 Å². The summed E-state index contributed by atoms with van der Waals surface area (Å²) in [4.78, 5) is 42.3. The molecule has 4 rings (SSSR count). The summed E-state index contributed by atoms with van der Waals surface area (Å²) in [5.74, 6) is -0.454. The second-order valence-electron chi connectivity index (χ2n) is 8.17. The largest absolute Gasteiger partial charge is 0.382 e. The van der Waals surface area contributed by atoms with Gasteiger partial charge in [0, 0.05) is 31.4 Å². The molecule has 1 unspecified atom stereocenters. The molecule has 0 aromatic carbocycles. The molecular weight excluding hydrogens is 482 g/mol. The van der Waals surface area contributed by atoms with Gasteiger partial charge in [-0.15, -0.1) is 0 Å². The summed E-state index contributed by atoms with van der Waals surface area (Å²) in [6, 6.07) is 9.83. The molecule has 11 nitrogen and oxygen atoms in total. The molecule has 0 radical (unpaired) electrons. The number of hydrogen-bond acceptors (Lipinski definition) is 8. The Morgan fingerprint density at radius 1 is 1.08 bits per heavy atom. The molecule has 184 valence electrons. The molecule has 4 aromatic rings. The molecule has 0 bridgehead atoms. The summed E-state index contributed by atoms with van der Waals surface area (Å²) >= 11 is 6.20. The van der Waals surface area contributed by atoms with Gasteiger partial charge in [0.1, 0.15) is 22.4 Å². The van der Waals surface area contributed by atoms with Gasteiger partial charge in [-0.2, -0.15) is 5.10 Å². The van der Waals surface area contributed by atoms with Crippen molar-refractivity contribution in [2.45, 2.75) is 26.8 Å². The van der Waals surface area contributed by atoms with Crippen molar-refractivity contribution in [3.05, 3.63) is 64.8 Å². The maximum atomic E-state index is 13.2. The van der Waals surface area contributed by atoms with E-state index in [1.54, 1.807) is 68.2 Å². The van der Waals surface area contributed by atoms with Gasteiger partial charge >= 0.3 is 0 Å². The molecule has 0 saturated heterocycles. The minimum absolute atomic E-state index is 0.0547. The number of aromatic nitrogens is 6. The molecular formula is C24H24ClN9O2. The average Bonchev–Trinajstić information content (AvgIpc) is 3.24. The normalized spacial score (nSPS) is 11.7. The quantitative estimate of drug-likeness (QED) is 0.337. The van der Waals surface area contributed by atoms with Crippen LogP contribution in [0.1, 0.15) is 41.8 Å². The summed E-state index contributed by atoms with van der Waals surface area (Å²) in [7, 11) is 1.78.